The lowest BCUT2D eigenvalue weighted by atomic mass is 9.99. The highest BCUT2D eigenvalue weighted by molar-refractivity contribution is 5.52. The molecule has 0 spiro atoms. The van der Waals surface area contributed by atoms with Gasteiger partial charge in [-0.1, -0.05) is 36.4 Å². The van der Waals surface area contributed by atoms with Gasteiger partial charge in [0.2, 0.25) is 0 Å². The van der Waals surface area contributed by atoms with Gasteiger partial charge in [0.1, 0.15) is 11.9 Å². The lowest BCUT2D eigenvalue weighted by molar-refractivity contribution is -0.275. The maximum atomic E-state index is 12.3. The number of nitrogens with two attached hydrogens (primary N) is 1. The van der Waals surface area contributed by atoms with Crippen molar-refractivity contribution in [3.63, 3.8) is 0 Å². The van der Waals surface area contributed by atoms with Crippen LogP contribution in [0.3, 0.4) is 0 Å². The van der Waals surface area contributed by atoms with Crippen molar-refractivity contribution in [1.29, 1.82) is 0 Å². The number of benzene rings is 2. The van der Waals surface area contributed by atoms with Crippen LogP contribution in [-0.4, -0.2) is 11.5 Å². The Kier molecular flexibility index (Phi) is 3.85. The topological polar surface area (TPSA) is 55.5 Å². The normalized spacial score (nSPS) is 13.0. The molecule has 3 nitrogen and oxygen atoms in total. The highest BCUT2D eigenvalue weighted by Crippen LogP contribution is 2.34. The molecule has 0 aromatic heterocycles. The van der Waals surface area contributed by atoms with Crippen molar-refractivity contribution < 1.29 is 23.0 Å². The number of nitrogen functional groups attached to an aromatic ring is 1. The molecule has 0 saturated carbocycles. The predicted octanol–water partition coefficient (Wildman–Crippen LogP) is 3.25. The summed E-state index contributed by atoms with van der Waals surface area (Å²) in [5.41, 5.74) is 6.33. The molecule has 20 heavy (non-hydrogen) atoms. The molecule has 0 radical (unpaired) electrons. The van der Waals surface area contributed by atoms with Crippen molar-refractivity contribution in [1.82, 2.24) is 0 Å². The standard InChI is InChI=1S/C14H12F3NO2/c15-14(16,17)20-12-8-4-2-6-10(12)13(19)9-5-1-3-7-11(9)18/h1-8,13,19H,18H2. The van der Waals surface area contributed by atoms with Crippen molar-refractivity contribution >= 4 is 5.69 Å². The number of aliphatic hydroxyl groups excluding tert-OH is 1. The average Bonchev–Trinajstić information content (AvgIpc) is 2.37. The van der Waals surface area contributed by atoms with E-state index < -0.39 is 18.2 Å². The smallest absolute Gasteiger partial charge is 0.405 e. The fraction of sp³-hybridized carbons (Fsp3) is 0.143. The molecule has 0 fully saturated rings. The Morgan fingerprint density at radius 1 is 0.950 bits per heavy atom. The van der Waals surface area contributed by atoms with E-state index in [0.717, 1.165) is 6.07 Å². The Labute approximate surface area is 113 Å². The molecule has 0 heterocycles. The molecule has 1 atom stereocenters. The van der Waals surface area contributed by atoms with Gasteiger partial charge < -0.3 is 15.6 Å². The van der Waals surface area contributed by atoms with E-state index in [0.29, 0.717) is 11.3 Å². The van der Waals surface area contributed by atoms with Gasteiger partial charge in [-0.15, -0.1) is 13.2 Å². The zero-order valence-corrected chi connectivity index (χ0v) is 10.3. The number of aliphatic hydroxyl groups is 1. The molecular weight excluding hydrogens is 271 g/mol. The summed E-state index contributed by atoms with van der Waals surface area (Å²) in [6.07, 6.45) is -6.12. The van der Waals surface area contributed by atoms with E-state index in [2.05, 4.69) is 4.74 Å². The summed E-state index contributed by atoms with van der Waals surface area (Å²) < 4.78 is 40.9. The van der Waals surface area contributed by atoms with Gasteiger partial charge in [-0.3, -0.25) is 0 Å². The minimum absolute atomic E-state index is 0.00252. The summed E-state index contributed by atoms with van der Waals surface area (Å²) in [6.45, 7) is 0. The predicted molar refractivity (Wildman–Crippen MR) is 68.0 cm³/mol. The van der Waals surface area contributed by atoms with Gasteiger partial charge in [-0.05, 0) is 12.1 Å². The molecule has 2 rings (SSSR count). The summed E-state index contributed by atoms with van der Waals surface area (Å²) in [6, 6.07) is 11.8. The zero-order valence-electron chi connectivity index (χ0n) is 10.3. The van der Waals surface area contributed by atoms with E-state index in [-0.39, 0.29) is 5.56 Å². The van der Waals surface area contributed by atoms with Crippen LogP contribution in [0.2, 0.25) is 0 Å². The SMILES string of the molecule is Nc1ccccc1C(O)c1ccccc1OC(F)(F)F. The molecule has 0 aliphatic carbocycles. The number of halogens is 3. The van der Waals surface area contributed by atoms with Crippen molar-refractivity contribution in [3.05, 3.63) is 59.7 Å². The second-order valence-corrected chi connectivity index (χ2v) is 4.12. The summed E-state index contributed by atoms with van der Waals surface area (Å²) in [5.74, 6) is -0.448. The Hall–Kier alpha value is -2.21. The Morgan fingerprint density at radius 2 is 1.50 bits per heavy atom. The number of rotatable bonds is 3. The van der Waals surface area contributed by atoms with E-state index in [1.54, 1.807) is 24.3 Å². The maximum Gasteiger partial charge on any atom is 0.573 e. The molecule has 2 aromatic carbocycles. The molecule has 1 unspecified atom stereocenters. The molecule has 0 aliphatic rings. The highest BCUT2D eigenvalue weighted by atomic mass is 19.4. The summed E-state index contributed by atoms with van der Waals surface area (Å²) in [7, 11) is 0. The van der Waals surface area contributed by atoms with Gasteiger partial charge in [0, 0.05) is 16.8 Å². The van der Waals surface area contributed by atoms with Gasteiger partial charge in [0.15, 0.2) is 0 Å². The monoisotopic (exact) mass is 283 g/mol. The molecular formula is C14H12F3NO2. The molecule has 0 amide bonds. The number of para-hydroxylation sites is 2. The van der Waals surface area contributed by atoms with Gasteiger partial charge in [0.05, 0.1) is 0 Å². The van der Waals surface area contributed by atoms with Crippen molar-refractivity contribution in [2.24, 2.45) is 0 Å². The van der Waals surface area contributed by atoms with Crippen molar-refractivity contribution in [3.8, 4) is 5.75 Å². The Balaban J connectivity index is 2.40. The van der Waals surface area contributed by atoms with E-state index in [1.165, 1.54) is 18.2 Å². The molecule has 6 heteroatoms. The van der Waals surface area contributed by atoms with Crippen LogP contribution in [-0.2, 0) is 0 Å². The highest BCUT2D eigenvalue weighted by Gasteiger charge is 2.33. The van der Waals surface area contributed by atoms with E-state index >= 15 is 0 Å². The largest absolute Gasteiger partial charge is 0.573 e. The fourth-order valence-electron chi connectivity index (χ4n) is 1.85. The lowest BCUT2D eigenvalue weighted by Gasteiger charge is -2.18. The van der Waals surface area contributed by atoms with E-state index in [9.17, 15) is 18.3 Å². The third kappa shape index (κ3) is 3.21. The van der Waals surface area contributed by atoms with Gasteiger partial charge in [-0.2, -0.15) is 0 Å². The fourth-order valence-corrected chi connectivity index (χ4v) is 1.85. The third-order valence-electron chi connectivity index (χ3n) is 2.73. The van der Waals surface area contributed by atoms with Crippen LogP contribution in [0, 0.1) is 0 Å². The number of ether oxygens (including phenoxy) is 1. The second kappa shape index (κ2) is 5.42. The van der Waals surface area contributed by atoms with Crippen LogP contribution in [0.15, 0.2) is 48.5 Å². The van der Waals surface area contributed by atoms with E-state index in [4.69, 9.17) is 5.73 Å². The molecule has 0 aliphatic heterocycles. The second-order valence-electron chi connectivity index (χ2n) is 4.12. The first-order chi connectivity index (χ1) is 9.38. The summed E-state index contributed by atoms with van der Waals surface area (Å²) in [4.78, 5) is 0. The number of alkyl halides is 3. The zero-order chi connectivity index (χ0) is 14.8. The van der Waals surface area contributed by atoms with Crippen molar-refractivity contribution in [2.45, 2.75) is 12.5 Å². The molecule has 106 valence electrons. The van der Waals surface area contributed by atoms with Crippen LogP contribution < -0.4 is 10.5 Å². The quantitative estimate of drug-likeness (QED) is 0.850. The summed E-state index contributed by atoms with van der Waals surface area (Å²) >= 11 is 0. The first kappa shape index (κ1) is 14.2. The maximum absolute atomic E-state index is 12.3. The van der Waals surface area contributed by atoms with E-state index in [1.807, 2.05) is 0 Å². The number of hydrogen-bond acceptors (Lipinski definition) is 3. The van der Waals surface area contributed by atoms with Crippen molar-refractivity contribution in [2.75, 3.05) is 5.73 Å². The summed E-state index contributed by atoms with van der Waals surface area (Å²) in [5, 5.41) is 10.2. The molecule has 0 bridgehead atoms. The van der Waals surface area contributed by atoms with Crippen LogP contribution in [0.1, 0.15) is 17.2 Å². The third-order valence-corrected chi connectivity index (χ3v) is 2.73. The number of hydrogen-bond donors (Lipinski definition) is 2. The molecule has 3 N–H and O–H groups in total. The van der Waals surface area contributed by atoms with Crippen LogP contribution in [0.5, 0.6) is 5.75 Å². The van der Waals surface area contributed by atoms with Crippen LogP contribution in [0.4, 0.5) is 18.9 Å². The lowest BCUT2D eigenvalue weighted by Crippen LogP contribution is -2.19. The Bertz CT molecular complexity index is 599. The van der Waals surface area contributed by atoms with Gasteiger partial charge in [-0.25, -0.2) is 0 Å². The van der Waals surface area contributed by atoms with Gasteiger partial charge >= 0.3 is 6.36 Å². The van der Waals surface area contributed by atoms with Crippen LogP contribution >= 0.6 is 0 Å². The van der Waals surface area contributed by atoms with Crippen LogP contribution in [0.25, 0.3) is 0 Å². The first-order valence-electron chi connectivity index (χ1n) is 5.75. The molecule has 0 saturated heterocycles. The Morgan fingerprint density at radius 3 is 2.10 bits per heavy atom. The minimum atomic E-state index is -4.82. The first-order valence-corrected chi connectivity index (χ1v) is 5.75. The minimum Gasteiger partial charge on any atom is -0.405 e. The average molecular weight is 283 g/mol. The number of anilines is 1. The molecule has 2 aromatic rings. The van der Waals surface area contributed by atoms with Gasteiger partial charge in [0.25, 0.3) is 0 Å².